The topological polar surface area (TPSA) is 102 Å². The van der Waals surface area contributed by atoms with Crippen LogP contribution >= 0.6 is 0 Å². The first-order valence-electron chi connectivity index (χ1n) is 12.9. The Morgan fingerprint density at radius 2 is 1.69 bits per heavy atom. The molecule has 2 aromatic carbocycles. The van der Waals surface area contributed by atoms with Crippen LogP contribution in [0.5, 0.6) is 5.75 Å². The van der Waals surface area contributed by atoms with Gasteiger partial charge in [0, 0.05) is 25.0 Å². The van der Waals surface area contributed by atoms with Crippen LogP contribution in [0.15, 0.2) is 59.0 Å². The van der Waals surface area contributed by atoms with E-state index in [1.54, 1.807) is 51.4 Å². The molecule has 1 heterocycles. The van der Waals surface area contributed by atoms with Crippen LogP contribution in [0.4, 0.5) is 16.3 Å². The predicted octanol–water partition coefficient (Wildman–Crippen LogP) is 6.43. The third kappa shape index (κ3) is 6.42. The molecule has 2 N–H and O–H groups in total. The summed E-state index contributed by atoms with van der Waals surface area (Å²) in [6, 6.07) is 12.6. The zero-order chi connectivity index (χ0) is 29.1. The van der Waals surface area contributed by atoms with Gasteiger partial charge in [0.15, 0.2) is 0 Å². The number of carbonyl (C=O) groups is 1. The summed E-state index contributed by atoms with van der Waals surface area (Å²) >= 11 is 0. The molecule has 39 heavy (non-hydrogen) atoms. The highest BCUT2D eigenvalue weighted by Gasteiger charge is 2.25. The van der Waals surface area contributed by atoms with E-state index in [2.05, 4.69) is 5.32 Å². The molecule has 0 aliphatic heterocycles. The Kier molecular flexibility index (Phi) is 8.74. The summed E-state index contributed by atoms with van der Waals surface area (Å²) in [5, 5.41) is 11.9. The Morgan fingerprint density at radius 3 is 2.23 bits per heavy atom. The first-order valence-corrected chi connectivity index (χ1v) is 12.9. The number of anilines is 2. The van der Waals surface area contributed by atoms with Crippen molar-refractivity contribution in [1.29, 1.82) is 5.41 Å². The van der Waals surface area contributed by atoms with E-state index in [0.717, 1.165) is 17.6 Å². The van der Waals surface area contributed by atoms with Crippen molar-refractivity contribution in [2.75, 3.05) is 24.4 Å². The number of benzene rings is 2. The summed E-state index contributed by atoms with van der Waals surface area (Å²) < 4.78 is 14.0. The molecule has 0 atom stereocenters. The number of hydrogen-bond donors (Lipinski definition) is 2. The molecule has 3 rings (SSSR count). The molecule has 208 valence electrons. The fourth-order valence-electron chi connectivity index (χ4n) is 3.96. The number of rotatable bonds is 8. The molecule has 0 aliphatic rings. The maximum atomic E-state index is 14.0. The molecular formula is C30H39N5O4. The molecule has 0 fully saturated rings. The zero-order valence-electron chi connectivity index (χ0n) is 24.3. The lowest BCUT2D eigenvalue weighted by Gasteiger charge is -2.24. The number of nitrogens with one attached hydrogen (secondary N) is 2. The monoisotopic (exact) mass is 533 g/mol. The number of aryl methyl sites for hydroxylation is 1. The number of amides is 1. The van der Waals surface area contributed by atoms with Crippen molar-refractivity contribution >= 4 is 23.3 Å². The smallest absolute Gasteiger partial charge is 0.414 e. The van der Waals surface area contributed by atoms with Crippen LogP contribution in [0.2, 0.25) is 0 Å². The van der Waals surface area contributed by atoms with Gasteiger partial charge in [0.25, 0.3) is 0 Å². The van der Waals surface area contributed by atoms with Gasteiger partial charge in [-0.15, -0.1) is 0 Å². The SMILES string of the molecule is CCC(C)=CNc1c(C(C)=N)n(-c2ccc(C)c(OC)c2)c(=O)n1-c1ccc(N(C)C(=O)OC(C)(C)C)cc1. The van der Waals surface area contributed by atoms with Gasteiger partial charge in [-0.3, -0.25) is 9.47 Å². The van der Waals surface area contributed by atoms with Crippen molar-refractivity contribution in [3.05, 3.63) is 76.0 Å². The van der Waals surface area contributed by atoms with E-state index in [4.69, 9.17) is 14.9 Å². The van der Waals surface area contributed by atoms with Gasteiger partial charge in [-0.05, 0) is 83.9 Å². The summed E-state index contributed by atoms with van der Waals surface area (Å²) in [7, 11) is 3.22. The second-order valence-electron chi connectivity index (χ2n) is 10.5. The minimum absolute atomic E-state index is 0.219. The predicted molar refractivity (Wildman–Crippen MR) is 157 cm³/mol. The van der Waals surface area contributed by atoms with Crippen molar-refractivity contribution in [1.82, 2.24) is 9.13 Å². The molecule has 0 saturated carbocycles. The van der Waals surface area contributed by atoms with Crippen LogP contribution in [0.25, 0.3) is 11.4 Å². The van der Waals surface area contributed by atoms with Gasteiger partial charge < -0.3 is 20.2 Å². The second-order valence-corrected chi connectivity index (χ2v) is 10.5. The summed E-state index contributed by atoms with van der Waals surface area (Å²) in [6.07, 6.45) is 2.20. The van der Waals surface area contributed by atoms with E-state index in [1.165, 1.54) is 14.0 Å². The van der Waals surface area contributed by atoms with Crippen LogP contribution < -0.4 is 20.6 Å². The van der Waals surface area contributed by atoms with Gasteiger partial charge in [0.1, 0.15) is 22.9 Å². The van der Waals surface area contributed by atoms with Crippen LogP contribution in [0, 0.1) is 12.3 Å². The van der Waals surface area contributed by atoms with Crippen LogP contribution in [0.3, 0.4) is 0 Å². The average Bonchev–Trinajstić information content (AvgIpc) is 3.18. The van der Waals surface area contributed by atoms with Gasteiger partial charge in [0.05, 0.1) is 24.2 Å². The summed E-state index contributed by atoms with van der Waals surface area (Å²) in [6.45, 7) is 13.1. The standard InChI is InChI=1S/C30H39N5O4/c1-10-19(2)18-32-27-26(21(4)31)34(24-12-11-20(3)25(17-24)38-9)28(36)35(27)23-15-13-22(14-16-23)33(8)29(37)39-30(5,6)7/h11-18,31-32H,10H2,1-9H3. The molecule has 1 aromatic heterocycles. The highest BCUT2D eigenvalue weighted by Crippen LogP contribution is 2.28. The molecule has 9 heteroatoms. The molecular weight excluding hydrogens is 494 g/mol. The van der Waals surface area contributed by atoms with Crippen molar-refractivity contribution < 1.29 is 14.3 Å². The Bertz CT molecular complexity index is 1460. The minimum atomic E-state index is -0.619. The summed E-state index contributed by atoms with van der Waals surface area (Å²) in [5.74, 6) is 1.11. The van der Waals surface area contributed by atoms with E-state index >= 15 is 0 Å². The molecule has 3 aromatic rings. The largest absolute Gasteiger partial charge is 0.496 e. The van der Waals surface area contributed by atoms with Crippen molar-refractivity contribution in [3.8, 4) is 17.1 Å². The Labute approximate surface area is 230 Å². The van der Waals surface area contributed by atoms with Gasteiger partial charge in [-0.2, -0.15) is 0 Å². The third-order valence-corrected chi connectivity index (χ3v) is 6.23. The number of methoxy groups -OCH3 is 1. The fourth-order valence-corrected chi connectivity index (χ4v) is 3.96. The van der Waals surface area contributed by atoms with E-state index in [-0.39, 0.29) is 11.4 Å². The lowest BCUT2D eigenvalue weighted by molar-refractivity contribution is 0.0589. The Morgan fingerprint density at radius 1 is 1.08 bits per heavy atom. The van der Waals surface area contributed by atoms with E-state index in [0.29, 0.717) is 34.3 Å². The highest BCUT2D eigenvalue weighted by atomic mass is 16.6. The first kappa shape index (κ1) is 29.3. The van der Waals surface area contributed by atoms with Crippen molar-refractivity contribution in [2.24, 2.45) is 0 Å². The quantitative estimate of drug-likeness (QED) is 0.325. The second kappa shape index (κ2) is 11.6. The fraction of sp³-hybridized carbons (Fsp3) is 0.367. The van der Waals surface area contributed by atoms with Crippen LogP contribution in [-0.4, -0.2) is 40.7 Å². The number of carbonyl (C=O) groups excluding carboxylic acids is 1. The van der Waals surface area contributed by atoms with Crippen LogP contribution in [0.1, 0.15) is 59.2 Å². The number of imidazole rings is 1. The third-order valence-electron chi connectivity index (χ3n) is 6.23. The molecule has 0 aliphatic carbocycles. The molecule has 0 radical (unpaired) electrons. The molecule has 0 saturated heterocycles. The maximum Gasteiger partial charge on any atom is 0.414 e. The number of hydrogen-bond acceptors (Lipinski definition) is 6. The zero-order valence-corrected chi connectivity index (χ0v) is 24.3. The van der Waals surface area contributed by atoms with Crippen LogP contribution in [-0.2, 0) is 4.74 Å². The molecule has 9 nitrogen and oxygen atoms in total. The summed E-state index contributed by atoms with van der Waals surface area (Å²) in [4.78, 5) is 28.0. The first-order chi connectivity index (χ1) is 18.3. The lowest BCUT2D eigenvalue weighted by Crippen LogP contribution is -2.34. The summed E-state index contributed by atoms with van der Waals surface area (Å²) in [5.41, 5.74) is 3.48. The Balaban J connectivity index is 2.22. The highest BCUT2D eigenvalue weighted by molar-refractivity contribution is 6.00. The number of ether oxygens (including phenoxy) is 2. The van der Waals surface area contributed by atoms with Crippen molar-refractivity contribution in [3.63, 3.8) is 0 Å². The van der Waals surface area contributed by atoms with E-state index in [1.807, 2.05) is 59.9 Å². The van der Waals surface area contributed by atoms with E-state index in [9.17, 15) is 9.59 Å². The maximum absolute atomic E-state index is 14.0. The minimum Gasteiger partial charge on any atom is -0.496 e. The van der Waals surface area contributed by atoms with Crippen molar-refractivity contribution in [2.45, 2.75) is 60.5 Å². The number of allylic oxidation sites excluding steroid dienone is 1. The van der Waals surface area contributed by atoms with Gasteiger partial charge in [-0.1, -0.05) is 18.6 Å². The lowest BCUT2D eigenvalue weighted by atomic mass is 10.2. The molecule has 0 unspecified atom stereocenters. The molecule has 1 amide bonds. The van der Waals surface area contributed by atoms with Gasteiger partial charge >= 0.3 is 11.8 Å². The number of nitrogens with zero attached hydrogens (tertiary/aromatic N) is 3. The number of aromatic nitrogens is 2. The average molecular weight is 534 g/mol. The molecule has 0 bridgehead atoms. The Hall–Kier alpha value is -4.27. The normalized spacial score (nSPS) is 11.8. The van der Waals surface area contributed by atoms with E-state index < -0.39 is 11.7 Å². The molecule has 0 spiro atoms. The van der Waals surface area contributed by atoms with Gasteiger partial charge in [-0.25, -0.2) is 14.2 Å². The van der Waals surface area contributed by atoms with Gasteiger partial charge in [0.2, 0.25) is 0 Å².